The first-order chi connectivity index (χ1) is 5.22. The van der Waals surface area contributed by atoms with E-state index in [1.54, 1.807) is 30.3 Å². The molecule has 0 aliphatic carbocycles. The molecule has 0 amide bonds. The Kier molecular flexibility index (Phi) is 2.33. The molecule has 0 aromatic heterocycles. The molecule has 1 rings (SSSR count). The van der Waals surface area contributed by atoms with E-state index in [1.807, 2.05) is 0 Å². The van der Waals surface area contributed by atoms with Gasteiger partial charge in [-0.05, 0) is 5.56 Å². The number of benzene rings is 1. The predicted molar refractivity (Wildman–Crippen MR) is 39.5 cm³/mol. The molecule has 11 heavy (non-hydrogen) atoms. The molecule has 1 atom stereocenters. The number of hydrogen-bond donors (Lipinski definition) is 1. The van der Waals surface area contributed by atoms with E-state index in [-0.39, 0.29) is 0 Å². The van der Waals surface area contributed by atoms with E-state index in [0.717, 1.165) is 0 Å². The lowest BCUT2D eigenvalue weighted by atomic mass is 10.1. The minimum absolute atomic E-state index is 0.500. The first-order valence-corrected chi connectivity index (χ1v) is 3.21. The van der Waals surface area contributed by atoms with Gasteiger partial charge in [0.25, 0.3) is 0 Å². The van der Waals surface area contributed by atoms with Gasteiger partial charge in [-0.2, -0.15) is 4.39 Å². The molecule has 2 N–H and O–H groups in total. The van der Waals surface area contributed by atoms with Gasteiger partial charge in [0.1, 0.15) is 6.04 Å². The molecule has 0 saturated carbocycles. The lowest BCUT2D eigenvalue weighted by Gasteiger charge is -2.03. The molecule has 0 bridgehead atoms. The van der Waals surface area contributed by atoms with Crippen molar-refractivity contribution >= 4 is 6.04 Å². The smallest absolute Gasteiger partial charge is 0.315 e. The highest BCUT2D eigenvalue weighted by Crippen LogP contribution is 2.10. The molecule has 0 heterocycles. The zero-order chi connectivity index (χ0) is 8.27. The van der Waals surface area contributed by atoms with Crippen molar-refractivity contribution in [1.29, 1.82) is 0 Å². The molecular weight excluding hydrogens is 145 g/mol. The summed E-state index contributed by atoms with van der Waals surface area (Å²) >= 11 is 0. The first kappa shape index (κ1) is 7.88. The fraction of sp³-hybridized carbons (Fsp3) is 0.125. The van der Waals surface area contributed by atoms with Crippen molar-refractivity contribution in [2.75, 3.05) is 0 Å². The van der Waals surface area contributed by atoms with Crippen LogP contribution in [0.25, 0.3) is 0 Å². The molecule has 0 radical (unpaired) electrons. The third kappa shape index (κ3) is 1.85. The van der Waals surface area contributed by atoms with Crippen LogP contribution < -0.4 is 5.73 Å². The largest absolute Gasteiger partial charge is 0.322 e. The van der Waals surface area contributed by atoms with Crippen LogP contribution in [0.1, 0.15) is 11.6 Å². The van der Waals surface area contributed by atoms with Gasteiger partial charge in [-0.15, -0.1) is 0 Å². The third-order valence-corrected chi connectivity index (χ3v) is 1.40. The lowest BCUT2D eigenvalue weighted by Crippen LogP contribution is -2.17. The van der Waals surface area contributed by atoms with E-state index in [4.69, 9.17) is 5.73 Å². The summed E-state index contributed by atoms with van der Waals surface area (Å²) in [4.78, 5) is 10.2. The van der Waals surface area contributed by atoms with Crippen molar-refractivity contribution in [3.63, 3.8) is 0 Å². The molecule has 1 aromatic rings. The maximum Gasteiger partial charge on any atom is 0.322 e. The van der Waals surface area contributed by atoms with Crippen LogP contribution >= 0.6 is 0 Å². The molecule has 0 aliphatic heterocycles. The average molecular weight is 153 g/mol. The number of carbonyl (C=O) groups is 1. The molecule has 2 nitrogen and oxygen atoms in total. The Balaban J connectivity index is 2.85. The monoisotopic (exact) mass is 153 g/mol. The van der Waals surface area contributed by atoms with Crippen molar-refractivity contribution in [1.82, 2.24) is 0 Å². The minimum Gasteiger partial charge on any atom is -0.315 e. The predicted octanol–water partition coefficient (Wildman–Crippen LogP) is 1.18. The van der Waals surface area contributed by atoms with Gasteiger partial charge < -0.3 is 5.73 Å². The molecule has 0 spiro atoms. The van der Waals surface area contributed by atoms with Crippen LogP contribution in [0.4, 0.5) is 4.39 Å². The Morgan fingerprint density at radius 3 is 2.36 bits per heavy atom. The normalized spacial score (nSPS) is 12.5. The highest BCUT2D eigenvalue weighted by atomic mass is 19.1. The SMILES string of the molecule is NC(C(=O)F)c1ccccc1. The maximum absolute atomic E-state index is 12.0. The van der Waals surface area contributed by atoms with E-state index < -0.39 is 12.1 Å². The van der Waals surface area contributed by atoms with E-state index in [0.29, 0.717) is 5.56 Å². The van der Waals surface area contributed by atoms with Gasteiger partial charge in [0.05, 0.1) is 0 Å². The number of halogens is 1. The van der Waals surface area contributed by atoms with Crippen LogP contribution in [0.2, 0.25) is 0 Å². The Morgan fingerprint density at radius 2 is 1.91 bits per heavy atom. The molecule has 0 fully saturated rings. The van der Waals surface area contributed by atoms with Gasteiger partial charge in [0.15, 0.2) is 0 Å². The first-order valence-electron chi connectivity index (χ1n) is 3.21. The van der Waals surface area contributed by atoms with E-state index >= 15 is 0 Å². The van der Waals surface area contributed by atoms with Crippen LogP contribution in [-0.2, 0) is 4.79 Å². The summed E-state index contributed by atoms with van der Waals surface area (Å²) in [5.74, 6) is 0. The van der Waals surface area contributed by atoms with E-state index in [9.17, 15) is 9.18 Å². The summed E-state index contributed by atoms with van der Waals surface area (Å²) in [6, 6.07) is 5.78. The quantitative estimate of drug-likeness (QED) is 0.648. The summed E-state index contributed by atoms with van der Waals surface area (Å²) in [5, 5.41) is 0. The van der Waals surface area contributed by atoms with E-state index in [2.05, 4.69) is 0 Å². The second-order valence-corrected chi connectivity index (χ2v) is 2.19. The molecule has 3 heteroatoms. The second-order valence-electron chi connectivity index (χ2n) is 2.19. The molecule has 0 saturated heterocycles. The highest BCUT2D eigenvalue weighted by molar-refractivity contribution is 5.75. The third-order valence-electron chi connectivity index (χ3n) is 1.40. The number of carbonyl (C=O) groups excluding carboxylic acids is 1. The van der Waals surface area contributed by atoms with Gasteiger partial charge in [-0.25, -0.2) is 0 Å². The fourth-order valence-corrected chi connectivity index (χ4v) is 0.791. The number of hydrogen-bond acceptors (Lipinski definition) is 2. The fourth-order valence-electron chi connectivity index (χ4n) is 0.791. The molecule has 0 aliphatic rings. The molecule has 58 valence electrons. The summed E-state index contributed by atoms with van der Waals surface area (Å²) < 4.78 is 12.0. The van der Waals surface area contributed by atoms with Gasteiger partial charge in [-0.3, -0.25) is 4.79 Å². The number of nitrogens with two attached hydrogens (primary N) is 1. The van der Waals surface area contributed by atoms with Crippen LogP contribution in [0.3, 0.4) is 0 Å². The van der Waals surface area contributed by atoms with Crippen LogP contribution in [0.5, 0.6) is 0 Å². The average Bonchev–Trinajstić information content (AvgIpc) is 2.05. The second kappa shape index (κ2) is 3.25. The Hall–Kier alpha value is -1.22. The summed E-state index contributed by atoms with van der Waals surface area (Å²) in [5.41, 5.74) is 5.71. The maximum atomic E-state index is 12.0. The van der Waals surface area contributed by atoms with Gasteiger partial charge >= 0.3 is 6.04 Å². The Morgan fingerprint density at radius 1 is 1.36 bits per heavy atom. The van der Waals surface area contributed by atoms with E-state index in [1.165, 1.54) is 0 Å². The molecule has 1 aromatic carbocycles. The van der Waals surface area contributed by atoms with Crippen molar-refractivity contribution in [2.24, 2.45) is 5.73 Å². The topological polar surface area (TPSA) is 43.1 Å². The van der Waals surface area contributed by atoms with Crippen molar-refractivity contribution in [3.8, 4) is 0 Å². The number of rotatable bonds is 2. The zero-order valence-electron chi connectivity index (χ0n) is 5.83. The molecule has 1 unspecified atom stereocenters. The zero-order valence-corrected chi connectivity index (χ0v) is 5.83. The van der Waals surface area contributed by atoms with Crippen molar-refractivity contribution in [3.05, 3.63) is 35.9 Å². The summed E-state index contributed by atoms with van der Waals surface area (Å²) in [7, 11) is 0. The van der Waals surface area contributed by atoms with Crippen LogP contribution in [-0.4, -0.2) is 6.04 Å². The summed E-state index contributed by atoms with van der Waals surface area (Å²) in [6.45, 7) is 0. The van der Waals surface area contributed by atoms with Crippen molar-refractivity contribution < 1.29 is 9.18 Å². The molecular formula is C8H8FNO. The van der Waals surface area contributed by atoms with Crippen LogP contribution in [0, 0.1) is 0 Å². The van der Waals surface area contributed by atoms with Gasteiger partial charge in [-0.1, -0.05) is 30.3 Å². The standard InChI is InChI=1S/C8H8FNO/c9-8(11)7(10)6-4-2-1-3-5-6/h1-5,7H,10H2. The Bertz CT molecular complexity index is 248. The lowest BCUT2D eigenvalue weighted by molar-refractivity contribution is -0.130. The van der Waals surface area contributed by atoms with Crippen LogP contribution in [0.15, 0.2) is 30.3 Å². The summed E-state index contributed by atoms with van der Waals surface area (Å²) in [6.07, 6.45) is 0. The van der Waals surface area contributed by atoms with Gasteiger partial charge in [0.2, 0.25) is 0 Å². The Labute approximate surface area is 63.8 Å². The highest BCUT2D eigenvalue weighted by Gasteiger charge is 2.13. The van der Waals surface area contributed by atoms with Crippen molar-refractivity contribution in [2.45, 2.75) is 6.04 Å². The van der Waals surface area contributed by atoms with Gasteiger partial charge in [0, 0.05) is 0 Å². The minimum atomic E-state index is -1.50.